The van der Waals surface area contributed by atoms with Gasteiger partial charge in [-0.3, -0.25) is 0 Å². The number of aliphatic hydroxyl groups is 1. The van der Waals surface area contributed by atoms with Crippen molar-refractivity contribution in [1.82, 2.24) is 10.1 Å². The van der Waals surface area contributed by atoms with E-state index in [-0.39, 0.29) is 29.9 Å². The summed E-state index contributed by atoms with van der Waals surface area (Å²) in [4.78, 5) is 12.5. The van der Waals surface area contributed by atoms with Gasteiger partial charge in [0, 0.05) is 18.7 Å². The van der Waals surface area contributed by atoms with Crippen LogP contribution in [0.25, 0.3) is 11.0 Å². The zero-order valence-electron chi connectivity index (χ0n) is 17.1. The van der Waals surface area contributed by atoms with Crippen LogP contribution in [-0.2, 0) is 19.6 Å². The molecule has 2 aromatic carbocycles. The van der Waals surface area contributed by atoms with E-state index in [2.05, 4.69) is 5.16 Å². The van der Waals surface area contributed by atoms with Crippen LogP contribution in [0, 0.1) is 11.7 Å². The molecule has 3 aromatic rings. The highest BCUT2D eigenvalue weighted by Crippen LogP contribution is 2.34. The van der Waals surface area contributed by atoms with Crippen molar-refractivity contribution < 1.29 is 28.7 Å². The third-order valence-corrected chi connectivity index (χ3v) is 5.88. The average molecular weight is 428 g/mol. The third-order valence-electron chi connectivity index (χ3n) is 5.88. The van der Waals surface area contributed by atoms with E-state index in [0.717, 1.165) is 24.8 Å². The van der Waals surface area contributed by atoms with Gasteiger partial charge >= 0.3 is 6.09 Å². The summed E-state index contributed by atoms with van der Waals surface area (Å²) < 4.78 is 26.4. The Balaban J connectivity index is 1.51. The summed E-state index contributed by atoms with van der Waals surface area (Å²) in [5, 5.41) is 23.1. The number of rotatable bonds is 7. The molecule has 2 N–H and O–H groups in total. The van der Waals surface area contributed by atoms with Gasteiger partial charge in [0.05, 0.1) is 17.7 Å². The Labute approximate surface area is 179 Å². The number of aromatic nitrogens is 1. The number of hydrogen-bond acceptors (Lipinski definition) is 5. The number of aliphatic hydroxyl groups excluding tert-OH is 1. The predicted molar refractivity (Wildman–Crippen MR) is 111 cm³/mol. The minimum atomic E-state index is -0.886. The van der Waals surface area contributed by atoms with E-state index in [4.69, 9.17) is 14.4 Å². The first-order chi connectivity index (χ1) is 15.1. The smallest absolute Gasteiger partial charge is 0.407 e. The van der Waals surface area contributed by atoms with E-state index in [1.165, 1.54) is 11.0 Å². The molecule has 0 bridgehead atoms. The van der Waals surface area contributed by atoms with Gasteiger partial charge in [0.15, 0.2) is 17.1 Å². The topological polar surface area (TPSA) is 96.0 Å². The molecule has 1 aliphatic rings. The molecule has 0 unspecified atom stereocenters. The number of nitrogens with zero attached hydrogens (tertiary/aromatic N) is 2. The molecule has 1 saturated heterocycles. The monoisotopic (exact) mass is 428 g/mol. The highest BCUT2D eigenvalue weighted by molar-refractivity contribution is 5.85. The number of amides is 1. The molecule has 0 spiro atoms. The second-order valence-corrected chi connectivity index (χ2v) is 7.87. The molecule has 8 heteroatoms. The fourth-order valence-electron chi connectivity index (χ4n) is 4.06. The molecule has 0 aliphatic carbocycles. The number of hydrogen-bond donors (Lipinski definition) is 2. The Morgan fingerprint density at radius 1 is 1.26 bits per heavy atom. The van der Waals surface area contributed by atoms with Gasteiger partial charge in [-0.2, -0.15) is 0 Å². The number of ether oxygens (including phenoxy) is 1. The maximum absolute atomic E-state index is 15.3. The molecule has 1 fully saturated rings. The van der Waals surface area contributed by atoms with Gasteiger partial charge in [0.1, 0.15) is 6.61 Å². The molecule has 0 atom stereocenters. The fourth-order valence-corrected chi connectivity index (χ4v) is 4.06. The van der Waals surface area contributed by atoms with Crippen LogP contribution in [0.15, 0.2) is 40.9 Å². The minimum absolute atomic E-state index is 0.0552. The lowest BCUT2D eigenvalue weighted by atomic mass is 9.91. The molecule has 4 rings (SSSR count). The number of piperidine rings is 1. The van der Waals surface area contributed by atoms with Crippen LogP contribution in [0.5, 0.6) is 5.75 Å². The lowest BCUT2D eigenvalue weighted by Gasteiger charge is -2.29. The van der Waals surface area contributed by atoms with Gasteiger partial charge in [-0.1, -0.05) is 35.5 Å². The number of fused-ring (bicyclic) bond motifs is 1. The first-order valence-electron chi connectivity index (χ1n) is 10.4. The summed E-state index contributed by atoms with van der Waals surface area (Å²) >= 11 is 0. The Morgan fingerprint density at radius 2 is 2.00 bits per heavy atom. The van der Waals surface area contributed by atoms with Crippen LogP contribution in [-0.4, -0.2) is 39.5 Å². The van der Waals surface area contributed by atoms with Gasteiger partial charge < -0.3 is 24.4 Å². The molecule has 31 heavy (non-hydrogen) atoms. The molecule has 0 saturated carbocycles. The van der Waals surface area contributed by atoms with Crippen molar-refractivity contribution in [3.63, 3.8) is 0 Å². The average Bonchev–Trinajstić information content (AvgIpc) is 3.23. The lowest BCUT2D eigenvalue weighted by Crippen LogP contribution is -2.37. The Morgan fingerprint density at radius 3 is 2.68 bits per heavy atom. The lowest BCUT2D eigenvalue weighted by molar-refractivity contribution is 0.123. The number of carboxylic acid groups (broad SMARTS) is 1. The maximum Gasteiger partial charge on any atom is 0.407 e. The van der Waals surface area contributed by atoms with Crippen molar-refractivity contribution >= 4 is 17.1 Å². The highest BCUT2D eigenvalue weighted by atomic mass is 19.1. The first-order valence-corrected chi connectivity index (χ1v) is 10.4. The quantitative estimate of drug-likeness (QED) is 0.581. The summed E-state index contributed by atoms with van der Waals surface area (Å²) in [6.45, 7) is 0.914. The van der Waals surface area contributed by atoms with Crippen LogP contribution in [0.3, 0.4) is 0 Å². The van der Waals surface area contributed by atoms with Crippen LogP contribution < -0.4 is 4.74 Å². The van der Waals surface area contributed by atoms with Crippen molar-refractivity contribution in [3.05, 3.63) is 59.0 Å². The van der Waals surface area contributed by atoms with Crippen LogP contribution in [0.2, 0.25) is 0 Å². The Kier molecular flexibility index (Phi) is 6.36. The normalized spacial score (nSPS) is 14.8. The van der Waals surface area contributed by atoms with E-state index in [0.29, 0.717) is 36.7 Å². The molecule has 164 valence electrons. The first kappa shape index (κ1) is 21.1. The second kappa shape index (κ2) is 9.34. The minimum Gasteiger partial charge on any atom is -0.486 e. The fraction of sp³-hybridized carbons (Fsp3) is 0.391. The summed E-state index contributed by atoms with van der Waals surface area (Å²) in [5.41, 5.74) is 2.06. The summed E-state index contributed by atoms with van der Waals surface area (Å²) in [6.07, 6.45) is 1.94. The third kappa shape index (κ3) is 4.64. The summed E-state index contributed by atoms with van der Waals surface area (Å²) in [7, 11) is 0. The standard InChI is InChI=1S/C23H25FN2O5/c24-21-19(30-14-16-4-2-1-3-5-16)12-17(13-27)22-20(21)18(25-31-22)7-6-15-8-10-26(11-9-15)23(28)29/h1-5,12,15,27H,6-11,13-14H2,(H,28,29). The van der Waals surface area contributed by atoms with Gasteiger partial charge in [0.2, 0.25) is 0 Å². The van der Waals surface area contributed by atoms with Crippen molar-refractivity contribution in [2.75, 3.05) is 13.1 Å². The Bertz CT molecular complexity index is 1050. The zero-order chi connectivity index (χ0) is 21.8. The molecular formula is C23H25FN2O5. The second-order valence-electron chi connectivity index (χ2n) is 7.87. The molecular weight excluding hydrogens is 403 g/mol. The van der Waals surface area contributed by atoms with E-state index < -0.39 is 11.9 Å². The number of likely N-dealkylation sites (tertiary alicyclic amines) is 1. The van der Waals surface area contributed by atoms with Crippen LogP contribution in [0.1, 0.15) is 36.1 Å². The number of halogens is 1. The maximum atomic E-state index is 15.3. The zero-order valence-corrected chi connectivity index (χ0v) is 17.1. The largest absolute Gasteiger partial charge is 0.486 e. The summed E-state index contributed by atoms with van der Waals surface area (Å²) in [5.74, 6) is -0.139. The molecule has 7 nitrogen and oxygen atoms in total. The van der Waals surface area contributed by atoms with Crippen molar-refractivity contribution in [2.45, 2.75) is 38.9 Å². The van der Waals surface area contributed by atoms with Gasteiger partial charge in [-0.15, -0.1) is 0 Å². The van der Waals surface area contributed by atoms with Gasteiger partial charge in [0.25, 0.3) is 0 Å². The van der Waals surface area contributed by atoms with Crippen molar-refractivity contribution in [1.29, 1.82) is 0 Å². The van der Waals surface area contributed by atoms with Crippen molar-refractivity contribution in [2.24, 2.45) is 5.92 Å². The molecule has 1 aliphatic heterocycles. The van der Waals surface area contributed by atoms with E-state index >= 15 is 4.39 Å². The van der Waals surface area contributed by atoms with E-state index in [1.54, 1.807) is 0 Å². The van der Waals surface area contributed by atoms with Gasteiger partial charge in [-0.25, -0.2) is 9.18 Å². The predicted octanol–water partition coefficient (Wildman–Crippen LogP) is 4.36. The molecule has 1 aromatic heterocycles. The van der Waals surface area contributed by atoms with E-state index in [9.17, 15) is 9.90 Å². The van der Waals surface area contributed by atoms with Gasteiger partial charge in [-0.05, 0) is 43.2 Å². The van der Waals surface area contributed by atoms with Crippen molar-refractivity contribution in [3.8, 4) is 5.75 Å². The highest BCUT2D eigenvalue weighted by Gasteiger charge is 2.25. The number of benzene rings is 2. The molecule has 1 amide bonds. The molecule has 2 heterocycles. The summed E-state index contributed by atoms with van der Waals surface area (Å²) in [6, 6.07) is 10.9. The Hall–Kier alpha value is -3.13. The van der Waals surface area contributed by atoms with Crippen LogP contribution >= 0.6 is 0 Å². The number of carbonyl (C=O) groups is 1. The molecule has 0 radical (unpaired) electrons. The van der Waals surface area contributed by atoms with Crippen LogP contribution in [0.4, 0.5) is 9.18 Å². The number of aryl methyl sites for hydroxylation is 1. The SMILES string of the molecule is O=C(O)N1CCC(CCc2noc3c(CO)cc(OCc4ccccc4)c(F)c23)CC1. The van der Waals surface area contributed by atoms with E-state index in [1.807, 2.05) is 30.3 Å².